The quantitative estimate of drug-likeness (QED) is 0.202. The van der Waals surface area contributed by atoms with Crippen molar-refractivity contribution >= 4 is 22.7 Å². The molecule has 0 spiro atoms. The number of para-hydroxylation sites is 1. The molecule has 0 aliphatic rings. The van der Waals surface area contributed by atoms with Crippen LogP contribution >= 0.6 is 11.8 Å². The first-order chi connectivity index (χ1) is 17.6. The van der Waals surface area contributed by atoms with E-state index in [1.165, 1.54) is 11.8 Å². The van der Waals surface area contributed by atoms with Crippen molar-refractivity contribution in [1.82, 2.24) is 19.7 Å². The Morgan fingerprint density at radius 1 is 0.944 bits per heavy atom. The summed E-state index contributed by atoms with van der Waals surface area (Å²) >= 11 is 1.38. The molecule has 2 aromatic heterocycles. The maximum atomic E-state index is 13.4. The van der Waals surface area contributed by atoms with Crippen molar-refractivity contribution in [3.05, 3.63) is 94.6 Å². The Morgan fingerprint density at radius 3 is 2.44 bits per heavy atom. The van der Waals surface area contributed by atoms with Crippen LogP contribution in [0, 0.1) is 0 Å². The monoisotopic (exact) mass is 500 g/mol. The molecule has 8 nitrogen and oxygen atoms in total. The zero-order chi connectivity index (χ0) is 24.9. The molecule has 0 fully saturated rings. The van der Waals surface area contributed by atoms with E-state index < -0.39 is 0 Å². The lowest BCUT2D eigenvalue weighted by atomic mass is 10.2. The Bertz CT molecular complexity index is 1530. The second-order valence-corrected chi connectivity index (χ2v) is 8.85. The largest absolute Gasteiger partial charge is 0.497 e. The highest BCUT2D eigenvalue weighted by Gasteiger charge is 2.15. The van der Waals surface area contributed by atoms with E-state index in [0.29, 0.717) is 46.7 Å². The van der Waals surface area contributed by atoms with Gasteiger partial charge in [0.2, 0.25) is 11.7 Å². The predicted octanol–water partition coefficient (Wildman–Crippen LogP) is 5.19. The summed E-state index contributed by atoms with van der Waals surface area (Å²) in [5.41, 5.74) is 2.35. The van der Waals surface area contributed by atoms with Gasteiger partial charge in [-0.2, -0.15) is 4.98 Å². The van der Waals surface area contributed by atoms with Gasteiger partial charge >= 0.3 is 0 Å². The zero-order valence-corrected chi connectivity index (χ0v) is 20.7. The molecule has 0 saturated heterocycles. The number of benzene rings is 3. The maximum absolute atomic E-state index is 13.4. The van der Waals surface area contributed by atoms with E-state index in [9.17, 15) is 4.79 Å². The first-order valence-corrected chi connectivity index (χ1v) is 12.4. The fraction of sp³-hybridized carbons (Fsp3) is 0.185. The number of rotatable bonds is 9. The second kappa shape index (κ2) is 10.7. The molecule has 0 unspecified atom stereocenters. The first-order valence-electron chi connectivity index (χ1n) is 11.5. The molecule has 0 N–H and O–H groups in total. The van der Waals surface area contributed by atoms with E-state index in [1.807, 2.05) is 73.7 Å². The third-order valence-corrected chi connectivity index (χ3v) is 6.50. The SMILES string of the molecule is CCOc1ccc(-c2noc(CSc3nc4ccccc4c(=O)n3Cc3ccc(OC)cc3)n2)cc1. The van der Waals surface area contributed by atoms with Gasteiger partial charge in [-0.15, -0.1) is 0 Å². The summed E-state index contributed by atoms with van der Waals surface area (Å²) in [5, 5.41) is 5.26. The third-order valence-electron chi connectivity index (χ3n) is 5.54. The summed E-state index contributed by atoms with van der Waals surface area (Å²) in [6.07, 6.45) is 0. The standard InChI is InChI=1S/C27H24N4O4S/c1-3-34-21-14-10-19(11-15-21)25-29-24(35-30-25)17-36-27-28-23-7-5-4-6-22(23)26(32)31(27)16-18-8-12-20(33-2)13-9-18/h4-15H,3,16-17H2,1-2H3. The number of methoxy groups -OCH3 is 1. The van der Waals surface area contributed by atoms with Gasteiger partial charge in [-0.25, -0.2) is 4.98 Å². The molecular formula is C27H24N4O4S. The fourth-order valence-electron chi connectivity index (χ4n) is 3.73. The van der Waals surface area contributed by atoms with Crippen LogP contribution in [0.3, 0.4) is 0 Å². The molecular weight excluding hydrogens is 476 g/mol. The van der Waals surface area contributed by atoms with E-state index in [1.54, 1.807) is 17.7 Å². The molecule has 0 bridgehead atoms. The minimum absolute atomic E-state index is 0.0977. The smallest absolute Gasteiger partial charge is 0.262 e. The molecule has 0 aliphatic heterocycles. The van der Waals surface area contributed by atoms with Crippen LogP contribution in [0.25, 0.3) is 22.3 Å². The molecule has 0 aliphatic carbocycles. The van der Waals surface area contributed by atoms with Gasteiger partial charge in [0.25, 0.3) is 5.56 Å². The van der Waals surface area contributed by atoms with Crippen LogP contribution in [0.5, 0.6) is 11.5 Å². The number of aromatic nitrogens is 4. The van der Waals surface area contributed by atoms with E-state index in [-0.39, 0.29) is 5.56 Å². The summed E-state index contributed by atoms with van der Waals surface area (Å²) in [6.45, 7) is 2.93. The average Bonchev–Trinajstić information content (AvgIpc) is 3.39. The second-order valence-electron chi connectivity index (χ2n) is 7.91. The Morgan fingerprint density at radius 2 is 1.69 bits per heavy atom. The highest BCUT2D eigenvalue weighted by Crippen LogP contribution is 2.25. The van der Waals surface area contributed by atoms with Crippen LogP contribution in [-0.4, -0.2) is 33.4 Å². The molecule has 0 amide bonds. The van der Waals surface area contributed by atoms with Crippen molar-refractivity contribution < 1.29 is 14.0 Å². The van der Waals surface area contributed by atoms with Gasteiger partial charge in [-0.1, -0.05) is 41.2 Å². The van der Waals surface area contributed by atoms with Crippen LogP contribution in [-0.2, 0) is 12.3 Å². The molecule has 182 valence electrons. The first kappa shape index (κ1) is 23.6. The number of ether oxygens (including phenoxy) is 2. The number of nitrogens with zero attached hydrogens (tertiary/aromatic N) is 4. The predicted molar refractivity (Wildman–Crippen MR) is 139 cm³/mol. The van der Waals surface area contributed by atoms with Crippen molar-refractivity contribution in [2.75, 3.05) is 13.7 Å². The fourth-order valence-corrected chi connectivity index (χ4v) is 4.57. The van der Waals surface area contributed by atoms with Crippen molar-refractivity contribution in [1.29, 1.82) is 0 Å². The minimum Gasteiger partial charge on any atom is -0.497 e. The van der Waals surface area contributed by atoms with Crippen molar-refractivity contribution in [2.45, 2.75) is 24.4 Å². The van der Waals surface area contributed by atoms with E-state index in [2.05, 4.69) is 10.1 Å². The lowest BCUT2D eigenvalue weighted by Gasteiger charge is -2.13. The molecule has 0 atom stereocenters. The minimum atomic E-state index is -0.0977. The van der Waals surface area contributed by atoms with Crippen LogP contribution in [0.2, 0.25) is 0 Å². The number of fused-ring (bicyclic) bond motifs is 1. The van der Waals surface area contributed by atoms with Crippen LogP contribution in [0.4, 0.5) is 0 Å². The Hall–Kier alpha value is -4.11. The Balaban J connectivity index is 1.40. The van der Waals surface area contributed by atoms with E-state index >= 15 is 0 Å². The Labute approximate surface area is 211 Å². The van der Waals surface area contributed by atoms with Gasteiger partial charge < -0.3 is 14.0 Å². The molecule has 0 saturated carbocycles. The van der Waals surface area contributed by atoms with Crippen LogP contribution in [0.1, 0.15) is 18.4 Å². The van der Waals surface area contributed by atoms with Crippen molar-refractivity contribution in [2.24, 2.45) is 0 Å². The topological polar surface area (TPSA) is 92.3 Å². The van der Waals surface area contributed by atoms with Gasteiger partial charge in [0.1, 0.15) is 11.5 Å². The molecule has 3 aromatic carbocycles. The summed E-state index contributed by atoms with van der Waals surface area (Å²) < 4.78 is 17.9. The van der Waals surface area contributed by atoms with Gasteiger partial charge in [0.15, 0.2) is 5.16 Å². The summed E-state index contributed by atoms with van der Waals surface area (Å²) in [6, 6.07) is 22.5. The highest BCUT2D eigenvalue weighted by atomic mass is 32.2. The van der Waals surface area contributed by atoms with Crippen LogP contribution < -0.4 is 15.0 Å². The van der Waals surface area contributed by atoms with Gasteiger partial charge in [-0.05, 0) is 61.0 Å². The van der Waals surface area contributed by atoms with Crippen molar-refractivity contribution in [3.8, 4) is 22.9 Å². The zero-order valence-electron chi connectivity index (χ0n) is 19.9. The maximum Gasteiger partial charge on any atom is 0.262 e. The Kier molecular flexibility index (Phi) is 6.99. The van der Waals surface area contributed by atoms with Gasteiger partial charge in [-0.3, -0.25) is 9.36 Å². The molecule has 5 rings (SSSR count). The average molecular weight is 501 g/mol. The number of hydrogen-bond acceptors (Lipinski definition) is 8. The van der Waals surface area contributed by atoms with Crippen molar-refractivity contribution in [3.63, 3.8) is 0 Å². The lowest BCUT2D eigenvalue weighted by Crippen LogP contribution is -2.24. The van der Waals surface area contributed by atoms with Gasteiger partial charge in [0.05, 0.1) is 36.9 Å². The molecule has 9 heteroatoms. The van der Waals surface area contributed by atoms with Crippen LogP contribution in [0.15, 0.2) is 87.3 Å². The third kappa shape index (κ3) is 5.11. The highest BCUT2D eigenvalue weighted by molar-refractivity contribution is 7.98. The number of thioether (sulfide) groups is 1. The van der Waals surface area contributed by atoms with E-state index in [0.717, 1.165) is 22.6 Å². The molecule has 5 aromatic rings. The molecule has 36 heavy (non-hydrogen) atoms. The van der Waals surface area contributed by atoms with E-state index in [4.69, 9.17) is 19.0 Å². The molecule has 0 radical (unpaired) electrons. The van der Waals surface area contributed by atoms with Gasteiger partial charge in [0, 0.05) is 5.56 Å². The molecule has 2 heterocycles. The number of hydrogen-bond donors (Lipinski definition) is 0. The summed E-state index contributed by atoms with van der Waals surface area (Å²) in [5.74, 6) is 2.87. The normalized spacial score (nSPS) is 11.1. The lowest BCUT2D eigenvalue weighted by molar-refractivity contribution is 0.340. The summed E-state index contributed by atoms with van der Waals surface area (Å²) in [4.78, 5) is 22.7. The summed E-state index contributed by atoms with van der Waals surface area (Å²) in [7, 11) is 1.63.